The Morgan fingerprint density at radius 2 is 1.63 bits per heavy atom. The van der Waals surface area contributed by atoms with Gasteiger partial charge in [-0.15, -0.1) is 0 Å². The average molecular weight is 575 g/mol. The van der Waals surface area contributed by atoms with E-state index >= 15 is 0 Å². The van der Waals surface area contributed by atoms with Gasteiger partial charge < -0.3 is 10.1 Å². The summed E-state index contributed by atoms with van der Waals surface area (Å²) in [6, 6.07) is 25.7. The van der Waals surface area contributed by atoms with Crippen molar-refractivity contribution in [2.24, 2.45) is 0 Å². The van der Waals surface area contributed by atoms with E-state index in [2.05, 4.69) is 26.1 Å². The van der Waals surface area contributed by atoms with Crippen LogP contribution < -0.4 is 10.1 Å². The molecule has 0 bridgehead atoms. The number of hydrogen-bond acceptors (Lipinski definition) is 5. The molecule has 0 saturated heterocycles. The van der Waals surface area contributed by atoms with Gasteiger partial charge in [-0.2, -0.15) is 9.40 Å². The second-order valence-electron chi connectivity index (χ2n) is 10.9. The standard InChI is InChI=1S/C32H38N4O4S/c1-6-7-21-35(41(38,39)28-19-13-25(14-20-28)32(2,3)4)23-31(37)33-30-22-29(24-11-9-8-10-12-24)34-36(30)26-15-17-27(40-5)18-16-26/h8-20,22H,6-7,21,23H2,1-5H3,(H,33,37). The number of hydrogen-bond donors (Lipinski definition) is 1. The monoisotopic (exact) mass is 574 g/mol. The Bertz CT molecular complexity index is 1560. The van der Waals surface area contributed by atoms with Crippen LogP contribution in [0.1, 0.15) is 46.1 Å². The molecule has 0 radical (unpaired) electrons. The average Bonchev–Trinajstić information content (AvgIpc) is 3.38. The summed E-state index contributed by atoms with van der Waals surface area (Å²) in [5, 5.41) is 7.65. The molecule has 8 nitrogen and oxygen atoms in total. The van der Waals surface area contributed by atoms with Crippen molar-refractivity contribution in [1.29, 1.82) is 0 Å². The Hall–Kier alpha value is -3.95. The lowest BCUT2D eigenvalue weighted by Gasteiger charge is -2.23. The Kier molecular flexibility index (Phi) is 9.30. The van der Waals surface area contributed by atoms with Gasteiger partial charge >= 0.3 is 0 Å². The zero-order valence-corrected chi connectivity index (χ0v) is 25.1. The number of ether oxygens (including phenoxy) is 1. The van der Waals surface area contributed by atoms with Crippen LogP contribution in [0.5, 0.6) is 5.75 Å². The number of amides is 1. The number of aromatic nitrogens is 2. The van der Waals surface area contributed by atoms with Gasteiger partial charge in [0.15, 0.2) is 0 Å². The minimum Gasteiger partial charge on any atom is -0.497 e. The third-order valence-electron chi connectivity index (χ3n) is 6.80. The van der Waals surface area contributed by atoms with E-state index in [1.807, 2.05) is 73.7 Å². The van der Waals surface area contributed by atoms with Crippen LogP contribution in [0.4, 0.5) is 5.82 Å². The predicted octanol–water partition coefficient (Wildman–Crippen LogP) is 6.27. The molecule has 4 rings (SSSR count). The maximum atomic E-state index is 13.6. The minimum absolute atomic E-state index is 0.102. The molecule has 1 aromatic heterocycles. The highest BCUT2D eigenvalue weighted by molar-refractivity contribution is 7.89. The van der Waals surface area contributed by atoms with Crippen LogP contribution in [0.2, 0.25) is 0 Å². The van der Waals surface area contributed by atoms with E-state index in [9.17, 15) is 13.2 Å². The quantitative estimate of drug-likeness (QED) is 0.228. The highest BCUT2D eigenvalue weighted by atomic mass is 32.2. The number of rotatable bonds is 11. The lowest BCUT2D eigenvalue weighted by atomic mass is 9.87. The molecule has 0 unspecified atom stereocenters. The van der Waals surface area contributed by atoms with Crippen LogP contribution in [-0.4, -0.2) is 48.6 Å². The molecular weight excluding hydrogens is 536 g/mol. The van der Waals surface area contributed by atoms with Crippen LogP contribution in [0.15, 0.2) is 89.8 Å². The molecule has 3 aromatic carbocycles. The second kappa shape index (κ2) is 12.7. The van der Waals surface area contributed by atoms with Gasteiger partial charge in [0, 0.05) is 18.2 Å². The van der Waals surface area contributed by atoms with E-state index in [4.69, 9.17) is 9.84 Å². The molecule has 9 heteroatoms. The number of methoxy groups -OCH3 is 1. The number of unbranched alkanes of at least 4 members (excludes halogenated alkanes) is 1. The number of benzene rings is 3. The Morgan fingerprint density at radius 1 is 0.976 bits per heavy atom. The highest BCUT2D eigenvalue weighted by Crippen LogP contribution is 2.27. The fraction of sp³-hybridized carbons (Fsp3) is 0.312. The fourth-order valence-electron chi connectivity index (χ4n) is 4.38. The van der Waals surface area contributed by atoms with Gasteiger partial charge in [0.05, 0.1) is 29.9 Å². The van der Waals surface area contributed by atoms with Crippen LogP contribution in [0.25, 0.3) is 16.9 Å². The largest absolute Gasteiger partial charge is 0.497 e. The van der Waals surface area contributed by atoms with Gasteiger partial charge in [0.2, 0.25) is 15.9 Å². The summed E-state index contributed by atoms with van der Waals surface area (Å²) in [7, 11) is -2.30. The van der Waals surface area contributed by atoms with Crippen LogP contribution in [-0.2, 0) is 20.2 Å². The van der Waals surface area contributed by atoms with Gasteiger partial charge in [-0.25, -0.2) is 13.1 Å². The smallest absolute Gasteiger partial charge is 0.243 e. The molecule has 216 valence electrons. The van der Waals surface area contributed by atoms with E-state index in [0.29, 0.717) is 23.7 Å². The highest BCUT2D eigenvalue weighted by Gasteiger charge is 2.27. The third-order valence-corrected chi connectivity index (χ3v) is 8.66. The maximum Gasteiger partial charge on any atom is 0.243 e. The topological polar surface area (TPSA) is 93.5 Å². The van der Waals surface area contributed by atoms with Crippen molar-refractivity contribution >= 4 is 21.7 Å². The number of carbonyl (C=O) groups excluding carboxylic acids is 1. The van der Waals surface area contributed by atoms with Gasteiger partial charge in [0.1, 0.15) is 11.6 Å². The van der Waals surface area contributed by atoms with E-state index in [1.165, 1.54) is 4.31 Å². The summed E-state index contributed by atoms with van der Waals surface area (Å²) in [4.78, 5) is 13.6. The zero-order valence-electron chi connectivity index (χ0n) is 24.3. The van der Waals surface area contributed by atoms with E-state index in [1.54, 1.807) is 30.0 Å². The molecule has 0 aliphatic heterocycles. The minimum atomic E-state index is -3.89. The second-order valence-corrected chi connectivity index (χ2v) is 12.8. The number of nitrogens with zero attached hydrogens (tertiary/aromatic N) is 3. The number of nitrogens with one attached hydrogen (secondary N) is 1. The van der Waals surface area contributed by atoms with Crippen molar-refractivity contribution in [3.8, 4) is 22.7 Å². The van der Waals surface area contributed by atoms with Crippen molar-refractivity contribution in [3.05, 3.63) is 90.5 Å². The summed E-state index contributed by atoms with van der Waals surface area (Å²) < 4.78 is 35.5. The Labute approximate surface area is 243 Å². The van der Waals surface area contributed by atoms with Crippen LogP contribution in [0.3, 0.4) is 0 Å². The normalized spacial score (nSPS) is 12.0. The summed E-state index contributed by atoms with van der Waals surface area (Å²) >= 11 is 0. The molecule has 41 heavy (non-hydrogen) atoms. The number of anilines is 1. The molecule has 0 aliphatic rings. The molecule has 4 aromatic rings. The lowest BCUT2D eigenvalue weighted by Crippen LogP contribution is -2.39. The predicted molar refractivity (Wildman–Crippen MR) is 163 cm³/mol. The molecule has 0 aliphatic carbocycles. The Morgan fingerprint density at radius 3 is 2.22 bits per heavy atom. The van der Waals surface area contributed by atoms with Crippen molar-refractivity contribution in [1.82, 2.24) is 14.1 Å². The first-order valence-corrected chi connectivity index (χ1v) is 15.2. The zero-order chi connectivity index (χ0) is 29.6. The molecule has 1 N–H and O–H groups in total. The summed E-state index contributed by atoms with van der Waals surface area (Å²) in [5.41, 5.74) is 3.22. The van der Waals surface area contributed by atoms with Gasteiger partial charge in [-0.3, -0.25) is 4.79 Å². The van der Waals surface area contributed by atoms with E-state index in [0.717, 1.165) is 23.2 Å². The molecule has 0 fully saturated rings. The number of sulfonamides is 1. The molecule has 0 spiro atoms. The summed E-state index contributed by atoms with van der Waals surface area (Å²) in [6.45, 7) is 8.14. The SMILES string of the molecule is CCCCN(CC(=O)Nc1cc(-c2ccccc2)nn1-c1ccc(OC)cc1)S(=O)(=O)c1ccc(C(C)(C)C)cc1. The number of carbonyl (C=O) groups is 1. The van der Waals surface area contributed by atoms with Gasteiger partial charge in [-0.1, -0.05) is 76.6 Å². The van der Waals surface area contributed by atoms with Gasteiger partial charge in [0.25, 0.3) is 0 Å². The Balaban J connectivity index is 1.62. The van der Waals surface area contributed by atoms with Crippen LogP contribution >= 0.6 is 0 Å². The van der Waals surface area contributed by atoms with Gasteiger partial charge in [-0.05, 0) is 53.8 Å². The summed E-state index contributed by atoms with van der Waals surface area (Å²) in [6.07, 6.45) is 1.43. The fourth-order valence-corrected chi connectivity index (χ4v) is 5.81. The molecule has 0 saturated carbocycles. The molecule has 0 atom stereocenters. The summed E-state index contributed by atoms with van der Waals surface area (Å²) in [5.74, 6) is 0.675. The first-order valence-electron chi connectivity index (χ1n) is 13.7. The first kappa shape index (κ1) is 30.0. The van der Waals surface area contributed by atoms with Crippen molar-refractivity contribution in [3.63, 3.8) is 0 Å². The third kappa shape index (κ3) is 7.23. The van der Waals surface area contributed by atoms with E-state index < -0.39 is 15.9 Å². The molecule has 1 amide bonds. The van der Waals surface area contributed by atoms with Crippen molar-refractivity contribution < 1.29 is 17.9 Å². The van der Waals surface area contributed by atoms with Crippen LogP contribution in [0, 0.1) is 0 Å². The van der Waals surface area contributed by atoms with Crippen molar-refractivity contribution in [2.75, 3.05) is 25.5 Å². The lowest BCUT2D eigenvalue weighted by molar-refractivity contribution is -0.116. The molecule has 1 heterocycles. The molecular formula is C32H38N4O4S. The van der Waals surface area contributed by atoms with Crippen molar-refractivity contribution in [2.45, 2.75) is 50.8 Å². The maximum absolute atomic E-state index is 13.6. The first-order chi connectivity index (χ1) is 19.5. The van der Waals surface area contributed by atoms with E-state index in [-0.39, 0.29) is 23.4 Å².